The average molecular weight is 232 g/mol. The molecular formula is C14H17FN2. The molecule has 0 aliphatic rings. The lowest BCUT2D eigenvalue weighted by atomic mass is 9.86. The normalized spacial score (nSPS) is 11.8. The molecule has 1 heterocycles. The van der Waals surface area contributed by atoms with Crippen LogP contribution in [0.2, 0.25) is 0 Å². The number of hydrogen-bond donors (Lipinski definition) is 0. The van der Waals surface area contributed by atoms with Gasteiger partial charge in [-0.1, -0.05) is 32.9 Å². The van der Waals surface area contributed by atoms with Crippen molar-refractivity contribution in [2.75, 3.05) is 0 Å². The van der Waals surface area contributed by atoms with Gasteiger partial charge >= 0.3 is 0 Å². The van der Waals surface area contributed by atoms with Gasteiger partial charge in [0.25, 0.3) is 0 Å². The Kier molecular flexibility index (Phi) is 2.77. The summed E-state index contributed by atoms with van der Waals surface area (Å²) in [6.45, 7) is 6.03. The van der Waals surface area contributed by atoms with Crippen LogP contribution in [0.3, 0.4) is 0 Å². The van der Waals surface area contributed by atoms with Crippen molar-refractivity contribution in [2.45, 2.75) is 26.2 Å². The van der Waals surface area contributed by atoms with Crippen LogP contribution in [0.5, 0.6) is 0 Å². The van der Waals surface area contributed by atoms with E-state index in [1.807, 2.05) is 46.1 Å². The minimum Gasteiger partial charge on any atom is -0.275 e. The van der Waals surface area contributed by atoms with E-state index in [0.717, 1.165) is 16.7 Å². The molecular weight excluding hydrogens is 215 g/mol. The Hall–Kier alpha value is -1.64. The van der Waals surface area contributed by atoms with Gasteiger partial charge in [0.15, 0.2) is 0 Å². The molecule has 3 heteroatoms. The molecule has 1 aromatic carbocycles. The van der Waals surface area contributed by atoms with Crippen molar-refractivity contribution in [1.82, 2.24) is 9.78 Å². The fourth-order valence-corrected chi connectivity index (χ4v) is 1.87. The molecule has 90 valence electrons. The van der Waals surface area contributed by atoms with Gasteiger partial charge in [0.05, 0.1) is 6.20 Å². The molecule has 0 aliphatic heterocycles. The largest absolute Gasteiger partial charge is 0.275 e. The van der Waals surface area contributed by atoms with Gasteiger partial charge in [-0.3, -0.25) is 4.68 Å². The summed E-state index contributed by atoms with van der Waals surface area (Å²) < 4.78 is 15.7. The molecule has 0 atom stereocenters. The molecule has 0 amide bonds. The van der Waals surface area contributed by atoms with Gasteiger partial charge in [-0.05, 0) is 22.6 Å². The first-order chi connectivity index (χ1) is 7.88. The summed E-state index contributed by atoms with van der Waals surface area (Å²) in [5, 5.41) is 4.09. The smallest absolute Gasteiger partial charge is 0.127 e. The second-order valence-electron chi connectivity index (χ2n) is 5.35. The Morgan fingerprint density at radius 1 is 1.18 bits per heavy atom. The van der Waals surface area contributed by atoms with Crippen LogP contribution in [0, 0.1) is 5.82 Å². The van der Waals surface area contributed by atoms with Crippen molar-refractivity contribution in [3.63, 3.8) is 0 Å². The topological polar surface area (TPSA) is 17.8 Å². The molecule has 0 unspecified atom stereocenters. The molecule has 0 saturated carbocycles. The van der Waals surface area contributed by atoms with Crippen LogP contribution in [0.15, 0.2) is 30.6 Å². The van der Waals surface area contributed by atoms with E-state index in [1.54, 1.807) is 16.9 Å². The van der Waals surface area contributed by atoms with Crippen molar-refractivity contribution in [2.24, 2.45) is 7.05 Å². The van der Waals surface area contributed by atoms with E-state index < -0.39 is 0 Å². The standard InChI is InChI=1S/C14H17FN2/c1-14(2,3)12-6-5-10(7-13(12)15)11-8-16-17(4)9-11/h5-9H,1-4H3. The molecule has 0 spiro atoms. The highest BCUT2D eigenvalue weighted by atomic mass is 19.1. The highest BCUT2D eigenvalue weighted by Crippen LogP contribution is 2.28. The molecule has 2 aromatic rings. The monoisotopic (exact) mass is 232 g/mol. The van der Waals surface area contributed by atoms with Crippen LogP contribution in [-0.4, -0.2) is 9.78 Å². The number of rotatable bonds is 1. The Labute approximate surface area is 101 Å². The van der Waals surface area contributed by atoms with Crippen LogP contribution in [0.4, 0.5) is 4.39 Å². The number of hydrogen-bond acceptors (Lipinski definition) is 1. The molecule has 0 radical (unpaired) electrons. The summed E-state index contributed by atoms with van der Waals surface area (Å²) in [6.07, 6.45) is 3.62. The minimum atomic E-state index is -0.169. The first kappa shape index (κ1) is 11.8. The Morgan fingerprint density at radius 3 is 2.35 bits per heavy atom. The van der Waals surface area contributed by atoms with Crippen molar-refractivity contribution < 1.29 is 4.39 Å². The highest BCUT2D eigenvalue weighted by molar-refractivity contribution is 5.62. The van der Waals surface area contributed by atoms with E-state index in [1.165, 1.54) is 0 Å². The average Bonchev–Trinajstić information content (AvgIpc) is 2.62. The van der Waals surface area contributed by atoms with Crippen molar-refractivity contribution in [3.8, 4) is 11.1 Å². The van der Waals surface area contributed by atoms with E-state index in [9.17, 15) is 4.39 Å². The Morgan fingerprint density at radius 2 is 1.88 bits per heavy atom. The van der Waals surface area contributed by atoms with Gasteiger partial charge in [-0.2, -0.15) is 5.10 Å². The molecule has 0 aliphatic carbocycles. The number of aryl methyl sites for hydroxylation is 1. The molecule has 0 saturated heterocycles. The van der Waals surface area contributed by atoms with Crippen LogP contribution >= 0.6 is 0 Å². The fraction of sp³-hybridized carbons (Fsp3) is 0.357. The lowest BCUT2D eigenvalue weighted by molar-refractivity contribution is 0.523. The van der Waals surface area contributed by atoms with E-state index in [0.29, 0.717) is 0 Å². The summed E-state index contributed by atoms with van der Waals surface area (Å²) in [6, 6.07) is 5.38. The number of halogens is 1. The first-order valence-corrected chi connectivity index (χ1v) is 5.67. The second-order valence-corrected chi connectivity index (χ2v) is 5.35. The van der Waals surface area contributed by atoms with E-state index in [4.69, 9.17) is 0 Å². The maximum Gasteiger partial charge on any atom is 0.127 e. The maximum absolute atomic E-state index is 14.0. The van der Waals surface area contributed by atoms with Crippen molar-refractivity contribution in [1.29, 1.82) is 0 Å². The van der Waals surface area contributed by atoms with Gasteiger partial charge in [0.2, 0.25) is 0 Å². The zero-order chi connectivity index (χ0) is 12.6. The SMILES string of the molecule is Cn1cc(-c2ccc(C(C)(C)C)c(F)c2)cn1. The van der Waals surface area contributed by atoms with Crippen molar-refractivity contribution >= 4 is 0 Å². The zero-order valence-electron chi connectivity index (χ0n) is 10.7. The Balaban J connectivity index is 2.44. The third kappa shape index (κ3) is 2.38. The first-order valence-electron chi connectivity index (χ1n) is 5.67. The number of benzene rings is 1. The van der Waals surface area contributed by atoms with Crippen LogP contribution in [0.25, 0.3) is 11.1 Å². The third-order valence-corrected chi connectivity index (χ3v) is 2.82. The summed E-state index contributed by atoms with van der Waals surface area (Å²) in [4.78, 5) is 0. The number of aromatic nitrogens is 2. The zero-order valence-corrected chi connectivity index (χ0v) is 10.7. The molecule has 1 aromatic heterocycles. The van der Waals surface area contributed by atoms with E-state index in [2.05, 4.69) is 5.10 Å². The lowest BCUT2D eigenvalue weighted by Crippen LogP contribution is -2.13. The summed E-state index contributed by atoms with van der Waals surface area (Å²) in [7, 11) is 1.85. The van der Waals surface area contributed by atoms with Crippen molar-refractivity contribution in [3.05, 3.63) is 42.0 Å². The van der Waals surface area contributed by atoms with Gasteiger partial charge in [0, 0.05) is 18.8 Å². The summed E-state index contributed by atoms with van der Waals surface area (Å²) >= 11 is 0. The minimum absolute atomic E-state index is 0.154. The second kappa shape index (κ2) is 3.99. The maximum atomic E-state index is 14.0. The van der Waals surface area contributed by atoms with E-state index in [-0.39, 0.29) is 11.2 Å². The van der Waals surface area contributed by atoms with Gasteiger partial charge in [-0.25, -0.2) is 4.39 Å². The van der Waals surface area contributed by atoms with E-state index >= 15 is 0 Å². The lowest BCUT2D eigenvalue weighted by Gasteiger charge is -2.20. The van der Waals surface area contributed by atoms with Gasteiger partial charge < -0.3 is 0 Å². The predicted octanol–water partition coefficient (Wildman–Crippen LogP) is 3.52. The summed E-state index contributed by atoms with van der Waals surface area (Å²) in [5.74, 6) is -0.154. The third-order valence-electron chi connectivity index (χ3n) is 2.82. The summed E-state index contributed by atoms with van der Waals surface area (Å²) in [5.41, 5.74) is 2.37. The van der Waals surface area contributed by atoms with Crippen LogP contribution in [0.1, 0.15) is 26.3 Å². The Bertz CT molecular complexity index is 535. The molecule has 17 heavy (non-hydrogen) atoms. The highest BCUT2D eigenvalue weighted by Gasteiger charge is 2.18. The molecule has 0 fully saturated rings. The van der Waals surface area contributed by atoms with Crippen LogP contribution in [-0.2, 0) is 12.5 Å². The molecule has 2 rings (SSSR count). The molecule has 2 nitrogen and oxygen atoms in total. The van der Waals surface area contributed by atoms with Gasteiger partial charge in [0.1, 0.15) is 5.82 Å². The quantitative estimate of drug-likeness (QED) is 0.735. The molecule has 0 N–H and O–H groups in total. The van der Waals surface area contributed by atoms with Crippen LogP contribution < -0.4 is 0 Å². The number of nitrogens with zero attached hydrogens (tertiary/aromatic N) is 2. The van der Waals surface area contributed by atoms with Gasteiger partial charge in [-0.15, -0.1) is 0 Å². The predicted molar refractivity (Wildman–Crippen MR) is 67.3 cm³/mol. The fourth-order valence-electron chi connectivity index (χ4n) is 1.87. The molecule has 0 bridgehead atoms.